The first-order chi connectivity index (χ1) is 20.6. The molecule has 1 aliphatic heterocycles. The van der Waals surface area contributed by atoms with Gasteiger partial charge in [0.05, 0.1) is 6.33 Å². The zero-order valence-corrected chi connectivity index (χ0v) is 24.3. The van der Waals surface area contributed by atoms with E-state index < -0.39 is 0 Å². The molecule has 5 N–H and O–H groups in total. The average Bonchev–Trinajstić information content (AvgIpc) is 3.35. The lowest BCUT2D eigenvalue weighted by Gasteiger charge is -2.31. The number of carbonyl (C=O) groups is 1. The Hall–Kier alpha value is -3.44. The second-order valence-corrected chi connectivity index (χ2v) is 12.6. The van der Waals surface area contributed by atoms with Crippen molar-refractivity contribution >= 4 is 29.0 Å². The molecule has 224 valence electrons. The van der Waals surface area contributed by atoms with Gasteiger partial charge in [0.15, 0.2) is 17.0 Å². The van der Waals surface area contributed by atoms with Crippen LogP contribution in [0.4, 0.5) is 16.6 Å². The molecule has 4 aliphatic rings. The van der Waals surface area contributed by atoms with E-state index in [2.05, 4.69) is 32.7 Å². The summed E-state index contributed by atoms with van der Waals surface area (Å²) in [5.41, 5.74) is 9.14. The van der Waals surface area contributed by atoms with Crippen LogP contribution in [0.1, 0.15) is 88.2 Å². The number of anilines is 2. The number of fused-ring (bicyclic) bond motifs is 1. The van der Waals surface area contributed by atoms with Gasteiger partial charge >= 0.3 is 6.09 Å². The zero-order valence-electron chi connectivity index (χ0n) is 24.3. The minimum absolute atomic E-state index is 0.150. The molecule has 3 aromatic rings. The third-order valence-corrected chi connectivity index (χ3v) is 9.57. The molecule has 42 heavy (non-hydrogen) atoms. The Bertz CT molecular complexity index is 1360. The average molecular weight is 574 g/mol. The number of nitrogens with two attached hydrogens (primary N) is 1. The Morgan fingerprint density at radius 2 is 1.64 bits per heavy atom. The first-order valence-corrected chi connectivity index (χ1v) is 15.9. The first-order valence-electron chi connectivity index (χ1n) is 15.9. The van der Waals surface area contributed by atoms with Gasteiger partial charge in [0.25, 0.3) is 0 Å². The molecule has 3 aliphatic carbocycles. The van der Waals surface area contributed by atoms with E-state index in [4.69, 9.17) is 25.5 Å². The van der Waals surface area contributed by atoms with Gasteiger partial charge in [0, 0.05) is 49.2 Å². The highest BCUT2D eigenvalue weighted by molar-refractivity contribution is 5.84. The Labute approximate surface area is 247 Å². The van der Waals surface area contributed by atoms with Crippen LogP contribution in [-0.2, 0) is 4.84 Å². The molecule has 7 rings (SSSR count). The Morgan fingerprint density at radius 3 is 2.40 bits per heavy atom. The van der Waals surface area contributed by atoms with Crippen molar-refractivity contribution in [1.29, 1.82) is 0 Å². The van der Waals surface area contributed by atoms with Crippen LogP contribution in [0.15, 0.2) is 36.7 Å². The van der Waals surface area contributed by atoms with Crippen LogP contribution in [-0.4, -0.2) is 67.9 Å². The maximum atomic E-state index is 12.6. The number of aromatic nitrogens is 4. The third-order valence-electron chi connectivity index (χ3n) is 9.57. The number of hydroxylamine groups is 2. The summed E-state index contributed by atoms with van der Waals surface area (Å²) < 4.78 is 2.26. The maximum Gasteiger partial charge on any atom is 0.426 e. The number of rotatable bonds is 8. The second-order valence-electron chi connectivity index (χ2n) is 12.6. The monoisotopic (exact) mass is 573 g/mol. The largest absolute Gasteiger partial charge is 0.426 e. The van der Waals surface area contributed by atoms with Gasteiger partial charge in [-0.15, -0.1) is 5.06 Å². The molecule has 1 saturated heterocycles. The number of piperidine rings is 1. The van der Waals surface area contributed by atoms with Crippen molar-refractivity contribution in [3.8, 4) is 0 Å². The van der Waals surface area contributed by atoms with Crippen LogP contribution in [0.2, 0.25) is 0 Å². The topological polar surface area (TPSA) is 135 Å². The molecule has 2 aromatic heterocycles. The molecule has 3 heterocycles. The number of benzene rings is 1. The highest BCUT2D eigenvalue weighted by Crippen LogP contribution is 2.40. The molecule has 0 bridgehead atoms. The van der Waals surface area contributed by atoms with E-state index in [1.807, 2.05) is 24.5 Å². The summed E-state index contributed by atoms with van der Waals surface area (Å²) in [5, 5.41) is 12.1. The van der Waals surface area contributed by atoms with Crippen molar-refractivity contribution < 1.29 is 9.63 Å². The predicted molar refractivity (Wildman–Crippen MR) is 162 cm³/mol. The van der Waals surface area contributed by atoms with Gasteiger partial charge in [-0.05, 0) is 63.4 Å². The third kappa shape index (κ3) is 6.17. The van der Waals surface area contributed by atoms with Crippen LogP contribution in [0, 0.1) is 0 Å². The molecule has 0 radical (unpaired) electrons. The normalized spacial score (nSPS) is 27.2. The van der Waals surface area contributed by atoms with Gasteiger partial charge in [-0.25, -0.2) is 9.78 Å². The van der Waals surface area contributed by atoms with Gasteiger partial charge in [-0.2, -0.15) is 9.97 Å². The fourth-order valence-electron chi connectivity index (χ4n) is 6.98. The molecule has 1 aromatic carbocycles. The lowest BCUT2D eigenvalue weighted by Crippen LogP contribution is -2.42. The molecule has 2 atom stereocenters. The second kappa shape index (κ2) is 12.0. The number of nitrogens with one attached hydrogen (secondary N) is 3. The summed E-state index contributed by atoms with van der Waals surface area (Å²) in [6.45, 7) is 1.33. The van der Waals surface area contributed by atoms with Crippen LogP contribution in [0.3, 0.4) is 0 Å². The van der Waals surface area contributed by atoms with Crippen molar-refractivity contribution in [2.45, 2.75) is 107 Å². The van der Waals surface area contributed by atoms with E-state index >= 15 is 0 Å². The van der Waals surface area contributed by atoms with Gasteiger partial charge in [0.2, 0.25) is 5.95 Å². The number of carbonyl (C=O) groups excluding carboxylic acids is 1. The summed E-state index contributed by atoms with van der Waals surface area (Å²) in [5.74, 6) is 1.83. The van der Waals surface area contributed by atoms with Crippen LogP contribution >= 0.6 is 0 Å². The standard InChI is InChI=1S/C31H43N9O2/c32-21-10-12-22(13-11-21)35-30-37-28(27-29(38-30)40(19-33-27)24-8-4-5-9-24)34-23-14-16-39(17-15-23)42-31(41)36-26-18-25(26)20-6-2-1-3-7-20/h1-3,6-7,19,21-26H,4-5,8-18,32H2,(H,36,41)(H2,34,35,37,38)/t21?,22?,25-,26+/m0/s1. The van der Waals surface area contributed by atoms with E-state index in [0.717, 1.165) is 61.9 Å². The van der Waals surface area contributed by atoms with Crippen LogP contribution < -0.4 is 21.7 Å². The fourth-order valence-corrected chi connectivity index (χ4v) is 6.98. The van der Waals surface area contributed by atoms with Gasteiger partial charge in [-0.1, -0.05) is 43.2 Å². The van der Waals surface area contributed by atoms with Gasteiger partial charge in [0.1, 0.15) is 0 Å². The minimum Gasteiger partial charge on any atom is -0.365 e. The number of hydrogen-bond acceptors (Lipinski definition) is 9. The quantitative estimate of drug-likeness (QED) is 0.302. The maximum absolute atomic E-state index is 12.6. The highest BCUT2D eigenvalue weighted by Gasteiger charge is 2.40. The number of nitrogens with zero attached hydrogens (tertiary/aromatic N) is 5. The van der Waals surface area contributed by atoms with E-state index in [0.29, 0.717) is 43.1 Å². The number of amides is 1. The van der Waals surface area contributed by atoms with E-state index in [1.165, 1.54) is 31.2 Å². The van der Waals surface area contributed by atoms with Crippen molar-refractivity contribution in [2.75, 3.05) is 23.7 Å². The SMILES string of the molecule is NC1CCC(Nc2nc(NC3CCN(OC(=O)N[C@@H]4C[C@H]4c4ccccc4)CC3)c3ncn(C4CCCC4)c3n2)CC1. The summed E-state index contributed by atoms with van der Waals surface area (Å²) in [6.07, 6.45) is 13.2. The van der Waals surface area contributed by atoms with Crippen molar-refractivity contribution in [1.82, 2.24) is 29.9 Å². The Balaban J connectivity index is 0.975. The van der Waals surface area contributed by atoms with E-state index in [9.17, 15) is 4.79 Å². The molecular weight excluding hydrogens is 530 g/mol. The molecular formula is C31H43N9O2. The van der Waals surface area contributed by atoms with Crippen molar-refractivity contribution in [3.63, 3.8) is 0 Å². The lowest BCUT2D eigenvalue weighted by atomic mass is 9.92. The Kier molecular flexibility index (Phi) is 7.86. The first kappa shape index (κ1) is 27.4. The molecule has 3 saturated carbocycles. The van der Waals surface area contributed by atoms with Gasteiger partial charge < -0.3 is 31.1 Å². The molecule has 0 unspecified atom stereocenters. The summed E-state index contributed by atoms with van der Waals surface area (Å²) >= 11 is 0. The minimum atomic E-state index is -0.362. The van der Waals surface area contributed by atoms with Crippen molar-refractivity contribution in [2.24, 2.45) is 5.73 Å². The van der Waals surface area contributed by atoms with E-state index in [-0.39, 0.29) is 18.2 Å². The smallest absolute Gasteiger partial charge is 0.365 e. The molecule has 11 nitrogen and oxygen atoms in total. The number of hydrogen-bond donors (Lipinski definition) is 4. The summed E-state index contributed by atoms with van der Waals surface area (Å²) in [6, 6.07) is 11.8. The lowest BCUT2D eigenvalue weighted by molar-refractivity contribution is -0.112. The van der Waals surface area contributed by atoms with Gasteiger partial charge in [-0.3, -0.25) is 0 Å². The number of imidazole rings is 1. The van der Waals surface area contributed by atoms with Crippen LogP contribution in [0.5, 0.6) is 0 Å². The molecule has 1 amide bonds. The predicted octanol–water partition coefficient (Wildman–Crippen LogP) is 4.70. The van der Waals surface area contributed by atoms with Crippen LogP contribution in [0.25, 0.3) is 11.2 Å². The summed E-state index contributed by atoms with van der Waals surface area (Å²) in [7, 11) is 0. The molecule has 4 fully saturated rings. The Morgan fingerprint density at radius 1 is 0.905 bits per heavy atom. The zero-order chi connectivity index (χ0) is 28.5. The fraction of sp³-hybridized carbons (Fsp3) is 0.613. The highest BCUT2D eigenvalue weighted by atomic mass is 16.7. The molecule has 11 heteroatoms. The summed E-state index contributed by atoms with van der Waals surface area (Å²) in [4.78, 5) is 32.9. The molecule has 0 spiro atoms. The van der Waals surface area contributed by atoms with Crippen molar-refractivity contribution in [3.05, 3.63) is 42.2 Å². The van der Waals surface area contributed by atoms with E-state index in [1.54, 1.807) is 5.06 Å².